The molecule has 1 saturated heterocycles. The molecule has 0 radical (unpaired) electrons. The zero-order valence-corrected chi connectivity index (χ0v) is 26.0. The van der Waals surface area contributed by atoms with Gasteiger partial charge in [-0.2, -0.15) is 0 Å². The lowest BCUT2D eigenvalue weighted by Gasteiger charge is -2.22. The van der Waals surface area contributed by atoms with Gasteiger partial charge in [0.2, 0.25) is 0 Å². The average molecular weight is 587 g/mol. The van der Waals surface area contributed by atoms with Crippen LogP contribution in [0.1, 0.15) is 51.7 Å². The number of carbonyl (C=O) groups is 1. The number of benzene rings is 3. The van der Waals surface area contributed by atoms with Crippen molar-refractivity contribution in [2.24, 2.45) is 0 Å². The topological polar surface area (TPSA) is 60.0 Å². The van der Waals surface area contributed by atoms with Crippen LogP contribution in [0.3, 0.4) is 0 Å². The monoisotopic (exact) mass is 586 g/mol. The molecular formula is C35H42N2O4S. The minimum atomic E-state index is -0.531. The Hall–Kier alpha value is -3.55. The van der Waals surface area contributed by atoms with Gasteiger partial charge in [-0.05, 0) is 125 Å². The van der Waals surface area contributed by atoms with Crippen LogP contribution >= 0.6 is 11.3 Å². The molecular weight excluding hydrogens is 544 g/mol. The van der Waals surface area contributed by atoms with Crippen LogP contribution < -0.4 is 14.8 Å². The molecule has 1 atom stereocenters. The second kappa shape index (κ2) is 13.6. The number of nitrogens with zero attached hydrogens (tertiary/aromatic N) is 1. The van der Waals surface area contributed by atoms with Crippen LogP contribution in [-0.2, 0) is 11.2 Å². The Morgan fingerprint density at radius 3 is 2.31 bits per heavy atom. The number of alkyl carbamates (subject to hydrolysis) is 1. The Bertz CT molecular complexity index is 1450. The number of thiophene rings is 1. The summed E-state index contributed by atoms with van der Waals surface area (Å²) in [5.41, 5.74) is 3.23. The number of hydrogen-bond acceptors (Lipinski definition) is 6. The zero-order valence-electron chi connectivity index (χ0n) is 25.2. The number of fused-ring (bicyclic) bond motifs is 1. The van der Waals surface area contributed by atoms with Gasteiger partial charge < -0.3 is 19.5 Å². The summed E-state index contributed by atoms with van der Waals surface area (Å²) in [6.07, 6.45) is 3.02. The number of carbonyl (C=O) groups excluding carboxylic acids is 1. The highest BCUT2D eigenvalue weighted by atomic mass is 32.1. The van der Waals surface area contributed by atoms with Gasteiger partial charge in [0.1, 0.15) is 30.3 Å². The maximum atomic E-state index is 12.0. The number of hydrogen-bond donors (Lipinski definition) is 1. The summed E-state index contributed by atoms with van der Waals surface area (Å²) < 4.78 is 18.6. The minimum Gasteiger partial charge on any atom is -0.492 e. The number of amides is 1. The van der Waals surface area contributed by atoms with E-state index in [2.05, 4.69) is 70.9 Å². The molecule has 6 nitrogen and oxygen atoms in total. The molecule has 7 heteroatoms. The van der Waals surface area contributed by atoms with Gasteiger partial charge in [0, 0.05) is 16.1 Å². The highest BCUT2D eigenvalue weighted by Crippen LogP contribution is 2.40. The first kappa shape index (κ1) is 29.9. The molecule has 2 heterocycles. The third-order valence-corrected chi connectivity index (χ3v) is 8.52. The van der Waals surface area contributed by atoms with Gasteiger partial charge in [0.25, 0.3) is 0 Å². The van der Waals surface area contributed by atoms with Crippen LogP contribution in [0.4, 0.5) is 4.79 Å². The second-order valence-electron chi connectivity index (χ2n) is 12.0. The van der Waals surface area contributed by atoms with E-state index in [9.17, 15) is 4.79 Å². The van der Waals surface area contributed by atoms with Gasteiger partial charge in [-0.1, -0.05) is 30.3 Å². The summed E-state index contributed by atoms with van der Waals surface area (Å²) in [7, 11) is 0. The Morgan fingerprint density at radius 1 is 0.929 bits per heavy atom. The van der Waals surface area contributed by atoms with Gasteiger partial charge in [-0.3, -0.25) is 4.90 Å². The van der Waals surface area contributed by atoms with E-state index in [4.69, 9.17) is 14.2 Å². The molecule has 0 saturated carbocycles. The van der Waals surface area contributed by atoms with Crippen molar-refractivity contribution in [3.8, 4) is 21.9 Å². The standard InChI is InChI=1S/C35H42N2O4S/c1-25(36-34(38)41-35(2,3)4)24-40-29-17-13-27(14-18-29)33-31(30-9-5-6-10-32(30)42-33)23-26-11-15-28(16-12-26)39-22-21-37-19-7-8-20-37/h5-6,9-18,25H,7-8,19-24H2,1-4H3,(H,36,38). The van der Waals surface area contributed by atoms with Crippen LogP contribution in [0.25, 0.3) is 20.5 Å². The molecule has 0 bridgehead atoms. The highest BCUT2D eigenvalue weighted by Gasteiger charge is 2.18. The van der Waals surface area contributed by atoms with E-state index < -0.39 is 11.7 Å². The number of rotatable bonds is 11. The first-order valence-corrected chi connectivity index (χ1v) is 15.7. The van der Waals surface area contributed by atoms with Crippen LogP contribution in [0, 0.1) is 0 Å². The third-order valence-electron chi connectivity index (χ3n) is 7.26. The molecule has 1 unspecified atom stereocenters. The van der Waals surface area contributed by atoms with Crippen molar-refractivity contribution in [3.05, 3.63) is 83.9 Å². The molecule has 1 N–H and O–H groups in total. The smallest absolute Gasteiger partial charge is 0.407 e. The molecule has 1 aromatic heterocycles. The van der Waals surface area contributed by atoms with Crippen molar-refractivity contribution >= 4 is 27.5 Å². The van der Waals surface area contributed by atoms with Crippen molar-refractivity contribution in [1.29, 1.82) is 0 Å². The normalized spacial score (nSPS) is 14.6. The maximum absolute atomic E-state index is 12.0. The van der Waals surface area contributed by atoms with E-state index in [1.807, 2.05) is 51.2 Å². The second-order valence-corrected chi connectivity index (χ2v) is 13.1. The molecule has 1 amide bonds. The SMILES string of the molecule is CC(COc1ccc(-c2sc3ccccc3c2Cc2ccc(OCCN3CCCC3)cc2)cc1)NC(=O)OC(C)(C)C. The lowest BCUT2D eigenvalue weighted by molar-refractivity contribution is 0.0494. The largest absolute Gasteiger partial charge is 0.492 e. The first-order valence-electron chi connectivity index (χ1n) is 14.9. The fraction of sp³-hybridized carbons (Fsp3) is 0.400. The summed E-state index contributed by atoms with van der Waals surface area (Å²) >= 11 is 1.83. The minimum absolute atomic E-state index is 0.185. The van der Waals surface area contributed by atoms with E-state index in [0.29, 0.717) is 6.61 Å². The fourth-order valence-corrected chi connectivity index (χ4v) is 6.42. The Kier molecular flexibility index (Phi) is 9.70. The summed E-state index contributed by atoms with van der Waals surface area (Å²) in [4.78, 5) is 15.8. The molecule has 1 aliphatic heterocycles. The van der Waals surface area contributed by atoms with Crippen molar-refractivity contribution in [3.63, 3.8) is 0 Å². The molecule has 1 fully saturated rings. The van der Waals surface area contributed by atoms with E-state index in [0.717, 1.165) is 31.1 Å². The summed E-state index contributed by atoms with van der Waals surface area (Å²) in [5.74, 6) is 1.69. The van der Waals surface area contributed by atoms with Crippen LogP contribution in [-0.4, -0.2) is 55.5 Å². The molecule has 0 aliphatic carbocycles. The van der Waals surface area contributed by atoms with Crippen molar-refractivity contribution < 1.29 is 19.0 Å². The number of likely N-dealkylation sites (tertiary alicyclic amines) is 1. The quantitative estimate of drug-likeness (QED) is 0.193. The van der Waals surface area contributed by atoms with E-state index in [1.165, 1.54) is 57.6 Å². The van der Waals surface area contributed by atoms with E-state index >= 15 is 0 Å². The zero-order chi connectivity index (χ0) is 29.5. The summed E-state index contributed by atoms with van der Waals surface area (Å²) in [5, 5.41) is 4.12. The summed E-state index contributed by atoms with van der Waals surface area (Å²) in [6, 6.07) is 25.2. The lowest BCUT2D eigenvalue weighted by Crippen LogP contribution is -2.40. The van der Waals surface area contributed by atoms with E-state index in [1.54, 1.807) is 0 Å². The molecule has 1 aliphatic rings. The Morgan fingerprint density at radius 2 is 1.60 bits per heavy atom. The van der Waals surface area contributed by atoms with Crippen LogP contribution in [0.5, 0.6) is 11.5 Å². The number of ether oxygens (including phenoxy) is 3. The van der Waals surface area contributed by atoms with Gasteiger partial charge >= 0.3 is 6.09 Å². The van der Waals surface area contributed by atoms with Crippen molar-refractivity contribution in [1.82, 2.24) is 10.2 Å². The van der Waals surface area contributed by atoms with Crippen LogP contribution in [0.15, 0.2) is 72.8 Å². The predicted octanol–water partition coefficient (Wildman–Crippen LogP) is 7.93. The van der Waals surface area contributed by atoms with Crippen LogP contribution in [0.2, 0.25) is 0 Å². The average Bonchev–Trinajstić information content (AvgIpc) is 3.60. The lowest BCUT2D eigenvalue weighted by atomic mass is 9.99. The van der Waals surface area contributed by atoms with Gasteiger partial charge in [-0.15, -0.1) is 11.3 Å². The predicted molar refractivity (Wildman–Crippen MR) is 172 cm³/mol. The third kappa shape index (κ3) is 8.26. The van der Waals surface area contributed by atoms with Crippen molar-refractivity contribution in [2.45, 2.75) is 58.6 Å². The van der Waals surface area contributed by atoms with Gasteiger partial charge in [-0.25, -0.2) is 4.79 Å². The Balaban J connectivity index is 1.23. The number of nitrogens with one attached hydrogen (secondary N) is 1. The molecule has 5 rings (SSSR count). The maximum Gasteiger partial charge on any atom is 0.407 e. The molecule has 3 aromatic carbocycles. The molecule has 222 valence electrons. The van der Waals surface area contributed by atoms with Gasteiger partial charge in [0.05, 0.1) is 6.04 Å². The molecule has 42 heavy (non-hydrogen) atoms. The Labute approximate surface area is 253 Å². The molecule has 0 spiro atoms. The first-order chi connectivity index (χ1) is 20.2. The molecule has 4 aromatic rings. The van der Waals surface area contributed by atoms with E-state index in [-0.39, 0.29) is 6.04 Å². The summed E-state index contributed by atoms with van der Waals surface area (Å²) in [6.45, 7) is 11.9. The van der Waals surface area contributed by atoms with Crippen molar-refractivity contribution in [2.75, 3.05) is 32.8 Å². The highest BCUT2D eigenvalue weighted by molar-refractivity contribution is 7.22. The fourth-order valence-electron chi connectivity index (χ4n) is 5.19. The van der Waals surface area contributed by atoms with Gasteiger partial charge in [0.15, 0.2) is 0 Å².